The van der Waals surface area contributed by atoms with Crippen LogP contribution in [0.1, 0.15) is 32.1 Å². The molecule has 8 heteroatoms. The van der Waals surface area contributed by atoms with Crippen molar-refractivity contribution < 1.29 is 9.59 Å². The smallest absolute Gasteiger partial charge is 0.267 e. The van der Waals surface area contributed by atoms with Crippen molar-refractivity contribution >= 4 is 17.2 Å². The van der Waals surface area contributed by atoms with Crippen molar-refractivity contribution in [2.24, 2.45) is 0 Å². The Hall–Kier alpha value is -4.07. The Morgan fingerprint density at radius 3 is 2.40 bits per heavy atom. The maximum absolute atomic E-state index is 12.7. The Labute approximate surface area is 202 Å². The van der Waals surface area contributed by atoms with Gasteiger partial charge < -0.3 is 4.90 Å². The van der Waals surface area contributed by atoms with Gasteiger partial charge in [0.05, 0.1) is 16.8 Å². The molecule has 1 saturated heterocycles. The van der Waals surface area contributed by atoms with Crippen LogP contribution in [0.25, 0.3) is 28.0 Å². The zero-order valence-electron chi connectivity index (χ0n) is 19.5. The van der Waals surface area contributed by atoms with E-state index in [0.29, 0.717) is 5.69 Å². The molecule has 0 radical (unpaired) electrons. The fourth-order valence-corrected chi connectivity index (χ4v) is 4.54. The summed E-state index contributed by atoms with van der Waals surface area (Å²) in [5.74, 6) is -0.184. The fraction of sp³-hybridized carbons (Fsp3) is 0.296. The van der Waals surface area contributed by atoms with Gasteiger partial charge in [-0.25, -0.2) is 9.20 Å². The highest BCUT2D eigenvalue weighted by Crippen LogP contribution is 2.33. The first-order valence-corrected chi connectivity index (χ1v) is 12.0. The van der Waals surface area contributed by atoms with Gasteiger partial charge >= 0.3 is 0 Å². The van der Waals surface area contributed by atoms with Crippen molar-refractivity contribution in [2.45, 2.75) is 38.6 Å². The Kier molecular flexibility index (Phi) is 6.52. The van der Waals surface area contributed by atoms with E-state index in [1.54, 1.807) is 10.6 Å². The third kappa shape index (κ3) is 4.91. The highest BCUT2D eigenvalue weighted by molar-refractivity contribution is 5.90. The average molecular weight is 470 g/mol. The van der Waals surface area contributed by atoms with E-state index < -0.39 is 0 Å². The molecule has 4 heterocycles. The quantitative estimate of drug-likeness (QED) is 0.413. The zero-order chi connectivity index (χ0) is 24.2. The Bertz CT molecular complexity index is 1420. The van der Waals surface area contributed by atoms with Crippen molar-refractivity contribution in [3.8, 4) is 22.5 Å². The highest BCUT2D eigenvalue weighted by atomic mass is 16.2. The molecule has 0 unspecified atom stereocenters. The van der Waals surface area contributed by atoms with Gasteiger partial charge in [-0.1, -0.05) is 36.4 Å². The summed E-state index contributed by atoms with van der Waals surface area (Å²) in [5.41, 5.74) is 3.51. The summed E-state index contributed by atoms with van der Waals surface area (Å²) in [4.78, 5) is 39.4. The first-order chi connectivity index (χ1) is 17.1. The van der Waals surface area contributed by atoms with E-state index in [0.717, 1.165) is 54.7 Å². The molecule has 8 nitrogen and oxygen atoms in total. The van der Waals surface area contributed by atoms with E-state index in [-0.39, 0.29) is 36.6 Å². The topological polar surface area (TPSA) is 89.6 Å². The fourth-order valence-electron chi connectivity index (χ4n) is 4.54. The largest absolute Gasteiger partial charge is 0.343 e. The minimum Gasteiger partial charge on any atom is -0.343 e. The van der Waals surface area contributed by atoms with Crippen LogP contribution in [0.2, 0.25) is 0 Å². The summed E-state index contributed by atoms with van der Waals surface area (Å²) in [6, 6.07) is 18.7. The van der Waals surface area contributed by atoms with Crippen molar-refractivity contribution in [1.29, 1.82) is 0 Å². The summed E-state index contributed by atoms with van der Waals surface area (Å²) in [6.45, 7) is 1.36. The lowest BCUT2D eigenvalue weighted by molar-refractivity contribution is -0.134. The molecule has 5 rings (SSSR count). The molecule has 178 valence electrons. The number of aromatic nitrogens is 4. The number of carbonyl (C=O) groups excluding carboxylic acids is 2. The van der Waals surface area contributed by atoms with Crippen molar-refractivity contribution in [3.05, 3.63) is 77.2 Å². The molecule has 3 aromatic heterocycles. The number of benzene rings is 1. The van der Waals surface area contributed by atoms with Gasteiger partial charge in [0, 0.05) is 43.8 Å². The van der Waals surface area contributed by atoms with Crippen LogP contribution in [0, 0.1) is 0 Å². The van der Waals surface area contributed by atoms with E-state index >= 15 is 0 Å². The van der Waals surface area contributed by atoms with Gasteiger partial charge in [0.15, 0.2) is 5.78 Å². The first kappa shape index (κ1) is 22.7. The van der Waals surface area contributed by atoms with Crippen LogP contribution in [0.4, 0.5) is 0 Å². The van der Waals surface area contributed by atoms with Crippen LogP contribution in [0.3, 0.4) is 0 Å². The van der Waals surface area contributed by atoms with Gasteiger partial charge in [0.25, 0.3) is 5.56 Å². The molecule has 1 aliphatic rings. The second-order valence-corrected chi connectivity index (χ2v) is 8.81. The maximum Gasteiger partial charge on any atom is 0.267 e. The summed E-state index contributed by atoms with van der Waals surface area (Å²) >= 11 is 0. The van der Waals surface area contributed by atoms with Crippen LogP contribution in [-0.4, -0.2) is 49.1 Å². The average Bonchev–Trinajstić information content (AvgIpc) is 3.29. The van der Waals surface area contributed by atoms with Gasteiger partial charge in [-0.2, -0.15) is 10.2 Å². The number of hydrogen-bond donors (Lipinski definition) is 0. The number of piperidine rings is 1. The molecule has 0 atom stereocenters. The standard InChI is InChI=1S/C27H27N5O3/c33-21(12-14-24(34)30-16-6-2-7-17-30)19-32-25(35)15-13-22(28-32)26-23-11-5-8-18-31(23)29-27(26)20-9-3-1-4-10-20/h1,3-5,8-11,13,15,18H,2,6-7,12,14,16-17,19H2. The number of amides is 1. The minimum absolute atomic E-state index is 0.00552. The molecule has 1 aliphatic heterocycles. The van der Waals surface area contributed by atoms with E-state index in [9.17, 15) is 14.4 Å². The highest BCUT2D eigenvalue weighted by Gasteiger charge is 2.20. The number of ketones is 1. The number of hydrogen-bond acceptors (Lipinski definition) is 5. The molecule has 4 aromatic rings. The second-order valence-electron chi connectivity index (χ2n) is 8.81. The molecule has 0 bridgehead atoms. The van der Waals surface area contributed by atoms with Crippen LogP contribution in [0.5, 0.6) is 0 Å². The lowest BCUT2D eigenvalue weighted by atomic mass is 10.0. The molecule has 0 saturated carbocycles. The third-order valence-corrected chi connectivity index (χ3v) is 6.36. The number of likely N-dealkylation sites (tertiary alicyclic amines) is 1. The van der Waals surface area contributed by atoms with E-state index in [1.807, 2.05) is 59.6 Å². The Balaban J connectivity index is 1.40. The SMILES string of the molecule is O=C(CCC(=O)N1CCCCC1)Cn1nc(-c2c(-c3ccccc3)nn3ccccc23)ccc1=O. The van der Waals surface area contributed by atoms with Gasteiger partial charge in [-0.3, -0.25) is 14.4 Å². The van der Waals surface area contributed by atoms with Crippen LogP contribution in [0.15, 0.2) is 71.7 Å². The lowest BCUT2D eigenvalue weighted by Gasteiger charge is -2.26. The summed E-state index contributed by atoms with van der Waals surface area (Å²) in [6.07, 6.45) is 5.30. The number of Topliss-reactive ketones (excluding diaryl/α,β-unsaturated/α-hetero) is 1. The minimum atomic E-state index is -0.359. The molecule has 1 aromatic carbocycles. The molecular formula is C27H27N5O3. The second kappa shape index (κ2) is 10.0. The van der Waals surface area contributed by atoms with Crippen LogP contribution < -0.4 is 5.56 Å². The molecule has 35 heavy (non-hydrogen) atoms. The number of carbonyl (C=O) groups is 2. The number of rotatable bonds is 7. The van der Waals surface area contributed by atoms with Crippen LogP contribution in [-0.2, 0) is 16.1 Å². The van der Waals surface area contributed by atoms with Crippen molar-refractivity contribution in [3.63, 3.8) is 0 Å². The first-order valence-electron chi connectivity index (χ1n) is 12.0. The summed E-state index contributed by atoms with van der Waals surface area (Å²) < 4.78 is 2.97. The normalized spacial score (nSPS) is 13.8. The van der Waals surface area contributed by atoms with Gasteiger partial charge in [-0.05, 0) is 37.5 Å². The molecule has 0 N–H and O–H groups in total. The van der Waals surface area contributed by atoms with Gasteiger partial charge in [-0.15, -0.1) is 0 Å². The molecule has 1 fully saturated rings. The monoisotopic (exact) mass is 469 g/mol. The summed E-state index contributed by atoms with van der Waals surface area (Å²) in [7, 11) is 0. The maximum atomic E-state index is 12.7. The number of pyridine rings is 1. The van der Waals surface area contributed by atoms with Crippen LogP contribution >= 0.6 is 0 Å². The molecular weight excluding hydrogens is 442 g/mol. The number of fused-ring (bicyclic) bond motifs is 1. The van der Waals surface area contributed by atoms with E-state index in [1.165, 1.54) is 10.7 Å². The Morgan fingerprint density at radius 1 is 0.829 bits per heavy atom. The predicted octanol–water partition coefficient (Wildman–Crippen LogP) is 3.59. The zero-order valence-corrected chi connectivity index (χ0v) is 19.5. The predicted molar refractivity (Wildman–Crippen MR) is 133 cm³/mol. The molecule has 1 amide bonds. The summed E-state index contributed by atoms with van der Waals surface area (Å²) in [5, 5.41) is 9.29. The molecule has 0 aliphatic carbocycles. The molecule has 0 spiro atoms. The number of nitrogens with zero attached hydrogens (tertiary/aromatic N) is 5. The van der Waals surface area contributed by atoms with E-state index in [2.05, 4.69) is 5.10 Å². The van der Waals surface area contributed by atoms with Crippen molar-refractivity contribution in [1.82, 2.24) is 24.3 Å². The third-order valence-electron chi connectivity index (χ3n) is 6.36. The van der Waals surface area contributed by atoms with Crippen molar-refractivity contribution in [2.75, 3.05) is 13.1 Å². The Morgan fingerprint density at radius 2 is 1.60 bits per heavy atom. The van der Waals surface area contributed by atoms with Gasteiger partial charge in [0.2, 0.25) is 5.91 Å². The van der Waals surface area contributed by atoms with Gasteiger partial charge in [0.1, 0.15) is 12.2 Å². The van der Waals surface area contributed by atoms with E-state index in [4.69, 9.17) is 5.10 Å². The lowest BCUT2D eigenvalue weighted by Crippen LogP contribution is -2.36.